The standard InChI is InChI=1S/C18H27NO5/c1-6-22-15-9-14(10-16(11-15)23-7-2)18(21)19(13(4)5)12-17(20)24-8-3/h9-11,13H,6-8,12H2,1-5H3. The molecule has 0 radical (unpaired) electrons. The van der Waals surface area contributed by atoms with Crippen LogP contribution in [0.4, 0.5) is 0 Å². The molecule has 0 unspecified atom stereocenters. The molecule has 0 aromatic heterocycles. The number of carbonyl (C=O) groups excluding carboxylic acids is 2. The van der Waals surface area contributed by atoms with Gasteiger partial charge in [-0.2, -0.15) is 0 Å². The van der Waals surface area contributed by atoms with Gasteiger partial charge in [0.1, 0.15) is 18.0 Å². The molecule has 0 fully saturated rings. The van der Waals surface area contributed by atoms with Crippen molar-refractivity contribution in [2.24, 2.45) is 0 Å². The maximum Gasteiger partial charge on any atom is 0.325 e. The lowest BCUT2D eigenvalue weighted by Crippen LogP contribution is -2.41. The highest BCUT2D eigenvalue weighted by atomic mass is 16.5. The average Bonchev–Trinajstić information content (AvgIpc) is 2.52. The lowest BCUT2D eigenvalue weighted by Gasteiger charge is -2.26. The Morgan fingerprint density at radius 2 is 1.50 bits per heavy atom. The second kappa shape index (κ2) is 9.80. The van der Waals surface area contributed by atoms with E-state index in [-0.39, 0.29) is 25.1 Å². The molecule has 0 heterocycles. The van der Waals surface area contributed by atoms with E-state index in [1.807, 2.05) is 27.7 Å². The number of amides is 1. The number of rotatable bonds is 9. The second-order valence-corrected chi connectivity index (χ2v) is 5.39. The summed E-state index contributed by atoms with van der Waals surface area (Å²) in [4.78, 5) is 26.1. The summed E-state index contributed by atoms with van der Waals surface area (Å²) in [6.45, 7) is 10.4. The maximum atomic E-state index is 12.8. The summed E-state index contributed by atoms with van der Waals surface area (Å²) in [6, 6.07) is 4.92. The van der Waals surface area contributed by atoms with E-state index in [1.165, 1.54) is 4.90 Å². The van der Waals surface area contributed by atoms with Gasteiger partial charge in [0.05, 0.1) is 19.8 Å². The number of hydrogen-bond donors (Lipinski definition) is 0. The SMILES string of the molecule is CCOC(=O)CN(C(=O)c1cc(OCC)cc(OCC)c1)C(C)C. The van der Waals surface area contributed by atoms with Crippen molar-refractivity contribution in [2.75, 3.05) is 26.4 Å². The number of hydrogen-bond acceptors (Lipinski definition) is 5. The molecule has 0 aliphatic carbocycles. The highest BCUT2D eigenvalue weighted by Gasteiger charge is 2.23. The van der Waals surface area contributed by atoms with Gasteiger partial charge in [-0.05, 0) is 46.8 Å². The van der Waals surface area contributed by atoms with Gasteiger partial charge in [-0.15, -0.1) is 0 Å². The summed E-state index contributed by atoms with van der Waals surface area (Å²) in [5.41, 5.74) is 0.419. The molecule has 1 rings (SSSR count). The lowest BCUT2D eigenvalue weighted by molar-refractivity contribution is -0.144. The Morgan fingerprint density at radius 1 is 0.958 bits per heavy atom. The monoisotopic (exact) mass is 337 g/mol. The summed E-state index contributed by atoms with van der Waals surface area (Å²) in [7, 11) is 0. The van der Waals surface area contributed by atoms with Crippen molar-refractivity contribution >= 4 is 11.9 Å². The first-order valence-corrected chi connectivity index (χ1v) is 8.30. The Morgan fingerprint density at radius 3 is 1.92 bits per heavy atom. The summed E-state index contributed by atoms with van der Waals surface area (Å²) in [5, 5.41) is 0. The maximum absolute atomic E-state index is 12.8. The van der Waals surface area contributed by atoms with Crippen LogP contribution in [0.1, 0.15) is 45.0 Å². The van der Waals surface area contributed by atoms with Crippen LogP contribution in [-0.2, 0) is 9.53 Å². The van der Waals surface area contributed by atoms with E-state index in [2.05, 4.69) is 0 Å². The largest absolute Gasteiger partial charge is 0.494 e. The van der Waals surface area contributed by atoms with Crippen molar-refractivity contribution in [3.63, 3.8) is 0 Å². The molecule has 0 saturated heterocycles. The molecule has 6 heteroatoms. The van der Waals surface area contributed by atoms with Gasteiger partial charge in [-0.1, -0.05) is 0 Å². The molecule has 0 aliphatic rings. The van der Waals surface area contributed by atoms with Gasteiger partial charge < -0.3 is 19.1 Å². The zero-order valence-corrected chi connectivity index (χ0v) is 15.1. The van der Waals surface area contributed by atoms with Crippen LogP contribution in [0.5, 0.6) is 11.5 Å². The van der Waals surface area contributed by atoms with Crippen LogP contribution in [0.15, 0.2) is 18.2 Å². The predicted octanol–water partition coefficient (Wildman–Crippen LogP) is 2.90. The first-order valence-electron chi connectivity index (χ1n) is 8.30. The average molecular weight is 337 g/mol. The summed E-state index contributed by atoms with van der Waals surface area (Å²) in [5.74, 6) is 0.435. The molecule has 1 amide bonds. The van der Waals surface area contributed by atoms with Crippen LogP contribution >= 0.6 is 0 Å². The number of nitrogens with zero attached hydrogens (tertiary/aromatic N) is 1. The highest BCUT2D eigenvalue weighted by molar-refractivity contribution is 5.97. The number of esters is 1. The van der Waals surface area contributed by atoms with Crippen LogP contribution in [0.25, 0.3) is 0 Å². The molecule has 0 aliphatic heterocycles. The first kappa shape index (κ1) is 19.8. The topological polar surface area (TPSA) is 65.1 Å². The third-order valence-electron chi connectivity index (χ3n) is 3.24. The van der Waals surface area contributed by atoms with Crippen molar-refractivity contribution in [1.82, 2.24) is 4.90 Å². The van der Waals surface area contributed by atoms with E-state index in [4.69, 9.17) is 14.2 Å². The predicted molar refractivity (Wildman–Crippen MR) is 91.6 cm³/mol. The minimum Gasteiger partial charge on any atom is -0.494 e. The first-order chi connectivity index (χ1) is 11.4. The molecule has 134 valence electrons. The normalized spacial score (nSPS) is 10.4. The summed E-state index contributed by atoms with van der Waals surface area (Å²) >= 11 is 0. The fourth-order valence-corrected chi connectivity index (χ4v) is 2.20. The lowest BCUT2D eigenvalue weighted by atomic mass is 10.1. The van der Waals surface area contributed by atoms with E-state index in [0.29, 0.717) is 30.3 Å². The van der Waals surface area contributed by atoms with Crippen molar-refractivity contribution in [3.05, 3.63) is 23.8 Å². The van der Waals surface area contributed by atoms with Gasteiger partial charge in [0.15, 0.2) is 0 Å². The fourth-order valence-electron chi connectivity index (χ4n) is 2.20. The molecule has 0 bridgehead atoms. The van der Waals surface area contributed by atoms with Gasteiger partial charge in [0, 0.05) is 17.7 Å². The third kappa shape index (κ3) is 5.76. The van der Waals surface area contributed by atoms with Crippen molar-refractivity contribution in [1.29, 1.82) is 0 Å². The molecule has 0 atom stereocenters. The van der Waals surface area contributed by atoms with Crippen LogP contribution in [0.3, 0.4) is 0 Å². The van der Waals surface area contributed by atoms with Crippen LogP contribution < -0.4 is 9.47 Å². The van der Waals surface area contributed by atoms with E-state index < -0.39 is 5.97 Å². The molecule has 24 heavy (non-hydrogen) atoms. The Labute approximate surface area is 143 Å². The molecule has 1 aromatic rings. The molecule has 1 aromatic carbocycles. The highest BCUT2D eigenvalue weighted by Crippen LogP contribution is 2.24. The van der Waals surface area contributed by atoms with E-state index in [0.717, 1.165) is 0 Å². The summed E-state index contributed by atoms with van der Waals surface area (Å²) < 4.78 is 16.0. The molecule has 0 N–H and O–H groups in total. The quantitative estimate of drug-likeness (QED) is 0.648. The smallest absolute Gasteiger partial charge is 0.325 e. The number of carbonyl (C=O) groups is 2. The second-order valence-electron chi connectivity index (χ2n) is 5.39. The van der Waals surface area contributed by atoms with Crippen LogP contribution in [0.2, 0.25) is 0 Å². The van der Waals surface area contributed by atoms with Gasteiger partial charge in [0.25, 0.3) is 5.91 Å². The molecule has 0 spiro atoms. The molecular weight excluding hydrogens is 310 g/mol. The Bertz CT molecular complexity index is 532. The van der Waals surface area contributed by atoms with E-state index in [1.54, 1.807) is 25.1 Å². The zero-order chi connectivity index (χ0) is 18.1. The molecule has 6 nitrogen and oxygen atoms in total. The van der Waals surface area contributed by atoms with Gasteiger partial charge in [0.2, 0.25) is 0 Å². The van der Waals surface area contributed by atoms with Gasteiger partial charge >= 0.3 is 5.97 Å². The minimum atomic E-state index is -0.425. The van der Waals surface area contributed by atoms with Crippen LogP contribution in [-0.4, -0.2) is 49.2 Å². The van der Waals surface area contributed by atoms with Gasteiger partial charge in [-0.3, -0.25) is 9.59 Å². The molecule has 0 saturated carbocycles. The number of ether oxygens (including phenoxy) is 3. The van der Waals surface area contributed by atoms with Gasteiger partial charge in [-0.25, -0.2) is 0 Å². The molecular formula is C18H27NO5. The Kier molecular flexibility index (Phi) is 8.09. The van der Waals surface area contributed by atoms with Crippen molar-refractivity contribution < 1.29 is 23.8 Å². The fraction of sp³-hybridized carbons (Fsp3) is 0.556. The van der Waals surface area contributed by atoms with E-state index >= 15 is 0 Å². The Hall–Kier alpha value is -2.24. The van der Waals surface area contributed by atoms with E-state index in [9.17, 15) is 9.59 Å². The van der Waals surface area contributed by atoms with Crippen LogP contribution in [0, 0.1) is 0 Å². The van der Waals surface area contributed by atoms with Crippen molar-refractivity contribution in [3.8, 4) is 11.5 Å². The zero-order valence-electron chi connectivity index (χ0n) is 15.1. The Balaban J connectivity index is 3.09. The third-order valence-corrected chi connectivity index (χ3v) is 3.24. The summed E-state index contributed by atoms with van der Waals surface area (Å²) in [6.07, 6.45) is 0. The van der Waals surface area contributed by atoms with Crippen molar-refractivity contribution in [2.45, 2.75) is 40.7 Å². The minimum absolute atomic E-state index is 0.0901. The number of benzene rings is 1.